The lowest BCUT2D eigenvalue weighted by molar-refractivity contribution is -0.123. The number of fused-ring (bicyclic) bond motifs is 1. The number of thioether (sulfide) groups is 1. The summed E-state index contributed by atoms with van der Waals surface area (Å²) >= 11 is 6.68. The number of aromatic nitrogens is 2. The van der Waals surface area contributed by atoms with Gasteiger partial charge in [-0.3, -0.25) is 18.9 Å². The van der Waals surface area contributed by atoms with E-state index in [1.165, 1.54) is 21.7 Å². The van der Waals surface area contributed by atoms with Gasteiger partial charge in [0.25, 0.3) is 11.5 Å². The van der Waals surface area contributed by atoms with Gasteiger partial charge in [-0.05, 0) is 43.5 Å². The van der Waals surface area contributed by atoms with Crippen molar-refractivity contribution in [1.29, 1.82) is 0 Å². The van der Waals surface area contributed by atoms with E-state index in [-0.39, 0.29) is 17.6 Å². The predicted octanol–water partition coefficient (Wildman–Crippen LogP) is 4.00. The van der Waals surface area contributed by atoms with Crippen molar-refractivity contribution in [2.24, 2.45) is 0 Å². The zero-order chi connectivity index (χ0) is 23.7. The third kappa shape index (κ3) is 4.64. The first kappa shape index (κ1) is 22.8. The van der Waals surface area contributed by atoms with Crippen LogP contribution in [0.4, 0.5) is 5.82 Å². The third-order valence-corrected chi connectivity index (χ3v) is 7.29. The SMILES string of the molecule is Cc1ccc(CNc2nc3ccccn3c(=O)c2C=C2SC(=S)N(CC3CCCO3)C2=O)cc1. The van der Waals surface area contributed by atoms with Crippen molar-refractivity contribution >= 4 is 51.7 Å². The van der Waals surface area contributed by atoms with Crippen molar-refractivity contribution in [3.05, 3.63) is 80.6 Å². The molecule has 1 unspecified atom stereocenters. The lowest BCUT2D eigenvalue weighted by Crippen LogP contribution is -2.35. The Morgan fingerprint density at radius 3 is 2.82 bits per heavy atom. The number of aryl methyl sites for hydroxylation is 1. The Hall–Kier alpha value is -3.01. The topological polar surface area (TPSA) is 75.9 Å². The monoisotopic (exact) mass is 492 g/mol. The third-order valence-electron chi connectivity index (χ3n) is 5.91. The lowest BCUT2D eigenvalue weighted by atomic mass is 10.1. The van der Waals surface area contributed by atoms with Crippen LogP contribution in [0.2, 0.25) is 0 Å². The summed E-state index contributed by atoms with van der Waals surface area (Å²) in [4.78, 5) is 33.2. The molecule has 5 rings (SSSR count). The summed E-state index contributed by atoms with van der Waals surface area (Å²) in [6, 6.07) is 13.5. The normalized spacial score (nSPS) is 19.5. The summed E-state index contributed by atoms with van der Waals surface area (Å²) in [5.41, 5.74) is 2.85. The molecule has 0 bridgehead atoms. The number of nitrogens with one attached hydrogen (secondary N) is 1. The van der Waals surface area contributed by atoms with E-state index in [0.717, 1.165) is 18.4 Å². The average Bonchev–Trinajstić information content (AvgIpc) is 3.45. The fourth-order valence-corrected chi connectivity index (χ4v) is 5.30. The molecule has 0 saturated carbocycles. The molecule has 7 nitrogen and oxygen atoms in total. The van der Waals surface area contributed by atoms with Crippen molar-refractivity contribution < 1.29 is 9.53 Å². The van der Waals surface area contributed by atoms with Crippen molar-refractivity contribution in [2.75, 3.05) is 18.5 Å². The van der Waals surface area contributed by atoms with Crippen LogP contribution >= 0.6 is 24.0 Å². The molecule has 2 saturated heterocycles. The molecule has 1 N–H and O–H groups in total. The highest BCUT2D eigenvalue weighted by molar-refractivity contribution is 8.26. The molecule has 2 fully saturated rings. The molecular formula is C25H24N4O3S2. The molecule has 3 aromatic rings. The highest BCUT2D eigenvalue weighted by Crippen LogP contribution is 2.34. The number of rotatable bonds is 6. The number of thiocarbonyl (C=S) groups is 1. The van der Waals surface area contributed by atoms with Gasteiger partial charge in [-0.25, -0.2) is 4.98 Å². The zero-order valence-electron chi connectivity index (χ0n) is 18.7. The Morgan fingerprint density at radius 1 is 1.24 bits per heavy atom. The largest absolute Gasteiger partial charge is 0.376 e. The Balaban J connectivity index is 1.49. The van der Waals surface area contributed by atoms with E-state index in [2.05, 4.69) is 10.3 Å². The van der Waals surface area contributed by atoms with Gasteiger partial charge in [-0.2, -0.15) is 0 Å². The summed E-state index contributed by atoms with van der Waals surface area (Å²) in [6.07, 6.45) is 5.20. The Morgan fingerprint density at radius 2 is 2.06 bits per heavy atom. The van der Waals surface area contributed by atoms with Gasteiger partial charge >= 0.3 is 0 Å². The van der Waals surface area contributed by atoms with E-state index in [0.29, 0.717) is 46.0 Å². The number of carbonyl (C=O) groups is 1. The lowest BCUT2D eigenvalue weighted by Gasteiger charge is -2.18. The van der Waals surface area contributed by atoms with E-state index >= 15 is 0 Å². The molecule has 1 aromatic carbocycles. The molecule has 2 aliphatic heterocycles. The maximum atomic E-state index is 13.4. The van der Waals surface area contributed by atoms with Crippen LogP contribution in [0.15, 0.2) is 58.4 Å². The van der Waals surface area contributed by atoms with Gasteiger partial charge < -0.3 is 10.1 Å². The van der Waals surface area contributed by atoms with Crippen LogP contribution in [0.25, 0.3) is 11.7 Å². The van der Waals surface area contributed by atoms with Gasteiger partial charge in [-0.1, -0.05) is 59.9 Å². The fraction of sp³-hybridized carbons (Fsp3) is 0.280. The van der Waals surface area contributed by atoms with Crippen molar-refractivity contribution in [3.63, 3.8) is 0 Å². The minimum Gasteiger partial charge on any atom is -0.376 e. The number of hydrogen-bond acceptors (Lipinski definition) is 7. The zero-order valence-corrected chi connectivity index (χ0v) is 20.3. The van der Waals surface area contributed by atoms with Crippen LogP contribution in [0.1, 0.15) is 29.5 Å². The molecule has 2 aliphatic rings. The van der Waals surface area contributed by atoms with Crippen LogP contribution in [0.5, 0.6) is 0 Å². The summed E-state index contributed by atoms with van der Waals surface area (Å²) in [7, 11) is 0. The van der Waals surface area contributed by atoms with E-state index in [1.807, 2.05) is 37.3 Å². The molecule has 1 amide bonds. The summed E-state index contributed by atoms with van der Waals surface area (Å²) in [5, 5.41) is 3.30. The van der Waals surface area contributed by atoms with E-state index < -0.39 is 0 Å². The second-order valence-electron chi connectivity index (χ2n) is 8.37. The quantitative estimate of drug-likeness (QED) is 0.412. The first-order valence-corrected chi connectivity index (χ1v) is 12.4. The van der Waals surface area contributed by atoms with Crippen LogP contribution in [-0.4, -0.2) is 43.8 Å². The maximum Gasteiger partial charge on any atom is 0.267 e. The standard InChI is InChI=1S/C25H24N4O3S2/c1-16-7-9-17(10-8-16)14-26-22-19(23(30)28-11-3-2-6-21(28)27-22)13-20-24(31)29(25(33)34-20)15-18-5-4-12-32-18/h2-3,6-11,13,18,26H,4-5,12,14-15H2,1H3. The predicted molar refractivity (Wildman–Crippen MR) is 139 cm³/mol. The molecular weight excluding hydrogens is 468 g/mol. The number of nitrogens with zero attached hydrogens (tertiary/aromatic N) is 3. The van der Waals surface area contributed by atoms with Crippen molar-refractivity contribution in [2.45, 2.75) is 32.4 Å². The van der Waals surface area contributed by atoms with Crippen molar-refractivity contribution in [3.8, 4) is 0 Å². The molecule has 174 valence electrons. The van der Waals surface area contributed by atoms with Gasteiger partial charge in [-0.15, -0.1) is 0 Å². The first-order chi connectivity index (χ1) is 16.5. The summed E-state index contributed by atoms with van der Waals surface area (Å²) < 4.78 is 7.64. The average molecular weight is 493 g/mol. The van der Waals surface area contributed by atoms with Crippen LogP contribution in [0, 0.1) is 6.92 Å². The molecule has 1 atom stereocenters. The number of amides is 1. The second-order valence-corrected chi connectivity index (χ2v) is 10.1. The fourth-order valence-electron chi connectivity index (χ4n) is 4.04. The second kappa shape index (κ2) is 9.69. The number of anilines is 1. The van der Waals surface area contributed by atoms with Crippen LogP contribution in [-0.2, 0) is 16.1 Å². The summed E-state index contributed by atoms with van der Waals surface area (Å²) in [5.74, 6) is 0.230. The van der Waals surface area contributed by atoms with Crippen LogP contribution in [0.3, 0.4) is 0 Å². The highest BCUT2D eigenvalue weighted by Gasteiger charge is 2.35. The van der Waals surface area contributed by atoms with Gasteiger partial charge in [0, 0.05) is 19.3 Å². The molecule has 34 heavy (non-hydrogen) atoms. The van der Waals surface area contributed by atoms with Gasteiger partial charge in [0.1, 0.15) is 15.8 Å². The number of hydrogen-bond donors (Lipinski definition) is 1. The van der Waals surface area contributed by atoms with E-state index in [9.17, 15) is 9.59 Å². The molecule has 2 aromatic heterocycles. The molecule has 0 aliphatic carbocycles. The smallest absolute Gasteiger partial charge is 0.267 e. The molecule has 0 spiro atoms. The van der Waals surface area contributed by atoms with E-state index in [1.54, 1.807) is 29.3 Å². The number of pyridine rings is 1. The number of carbonyl (C=O) groups excluding carboxylic acids is 1. The van der Waals surface area contributed by atoms with Gasteiger partial charge in [0.2, 0.25) is 0 Å². The summed E-state index contributed by atoms with van der Waals surface area (Å²) in [6.45, 7) is 3.69. The maximum absolute atomic E-state index is 13.4. The molecule has 0 radical (unpaired) electrons. The Bertz CT molecular complexity index is 1340. The molecule has 9 heteroatoms. The minimum absolute atomic E-state index is 0.00143. The number of ether oxygens (including phenoxy) is 1. The van der Waals surface area contributed by atoms with E-state index in [4.69, 9.17) is 17.0 Å². The minimum atomic E-state index is -0.249. The molecule has 4 heterocycles. The van der Waals surface area contributed by atoms with Gasteiger partial charge in [0.15, 0.2) is 0 Å². The van der Waals surface area contributed by atoms with Crippen molar-refractivity contribution in [1.82, 2.24) is 14.3 Å². The Labute approximate surface area is 206 Å². The highest BCUT2D eigenvalue weighted by atomic mass is 32.2. The first-order valence-electron chi connectivity index (χ1n) is 11.2. The van der Waals surface area contributed by atoms with Gasteiger partial charge in [0.05, 0.1) is 23.1 Å². The van der Waals surface area contributed by atoms with Crippen LogP contribution < -0.4 is 10.9 Å². The Kier molecular flexibility index (Phi) is 6.49. The number of benzene rings is 1.